The van der Waals surface area contributed by atoms with E-state index in [4.69, 9.17) is 4.74 Å². The zero-order chi connectivity index (χ0) is 13.6. The lowest BCUT2D eigenvalue weighted by Crippen LogP contribution is -1.90. The molecule has 0 fully saturated rings. The minimum atomic E-state index is 0.524. The summed E-state index contributed by atoms with van der Waals surface area (Å²) in [5.41, 5.74) is 1.20. The molecule has 1 aromatic rings. The zero-order valence-corrected chi connectivity index (χ0v) is 11.6. The van der Waals surface area contributed by atoms with E-state index in [0.717, 1.165) is 6.42 Å². The average molecular weight is 254 g/mol. The molecule has 0 amide bonds. The van der Waals surface area contributed by atoms with Gasteiger partial charge in [-0.1, -0.05) is 73.9 Å². The molecule has 0 spiro atoms. The van der Waals surface area contributed by atoms with Gasteiger partial charge in [0, 0.05) is 6.42 Å². The van der Waals surface area contributed by atoms with Gasteiger partial charge in [-0.25, -0.2) is 0 Å². The maximum atomic E-state index is 5.37. The van der Waals surface area contributed by atoms with Crippen molar-refractivity contribution in [1.82, 2.24) is 0 Å². The highest BCUT2D eigenvalue weighted by molar-refractivity contribution is 5.50. The Morgan fingerprint density at radius 2 is 1.95 bits per heavy atom. The summed E-state index contributed by atoms with van der Waals surface area (Å²) in [5, 5.41) is 0. The smallest absolute Gasteiger partial charge is 0.108 e. The van der Waals surface area contributed by atoms with Crippen molar-refractivity contribution in [3.8, 4) is 11.8 Å². The van der Waals surface area contributed by atoms with Gasteiger partial charge in [0.15, 0.2) is 0 Å². The molecule has 1 nitrogen and oxygen atoms in total. The molecule has 0 atom stereocenters. The van der Waals surface area contributed by atoms with Crippen LogP contribution in [0, 0.1) is 11.8 Å². The fraction of sp³-hybridized carbons (Fsp3) is 0.333. The van der Waals surface area contributed by atoms with E-state index in [-0.39, 0.29) is 0 Å². The summed E-state index contributed by atoms with van der Waals surface area (Å²) in [6.07, 6.45) is 11.4. The first-order valence-electron chi connectivity index (χ1n) is 6.85. The number of rotatable bonds is 7. The van der Waals surface area contributed by atoms with E-state index in [9.17, 15) is 0 Å². The Bertz CT molecular complexity index is 432. The number of benzene rings is 1. The minimum Gasteiger partial charge on any atom is -0.365 e. The quantitative estimate of drug-likeness (QED) is 0.396. The first-order chi connectivity index (χ1) is 9.43. The molecular formula is C18H22O. The summed E-state index contributed by atoms with van der Waals surface area (Å²) in [6.45, 7) is 3.31. The Balaban J connectivity index is 2.07. The van der Waals surface area contributed by atoms with Crippen molar-refractivity contribution < 1.29 is 4.74 Å². The van der Waals surface area contributed by atoms with E-state index in [1.807, 2.05) is 36.4 Å². The molecule has 0 bridgehead atoms. The fourth-order valence-corrected chi connectivity index (χ4v) is 1.45. The van der Waals surface area contributed by atoms with Crippen molar-refractivity contribution in [2.24, 2.45) is 0 Å². The molecule has 0 aliphatic carbocycles. The fourth-order valence-electron chi connectivity index (χ4n) is 1.45. The topological polar surface area (TPSA) is 9.23 Å². The van der Waals surface area contributed by atoms with Gasteiger partial charge in [0.1, 0.15) is 6.61 Å². The van der Waals surface area contributed by atoms with Gasteiger partial charge < -0.3 is 4.74 Å². The largest absolute Gasteiger partial charge is 0.365 e. The Labute approximate surface area is 117 Å². The van der Waals surface area contributed by atoms with Crippen LogP contribution in [0.1, 0.15) is 31.7 Å². The van der Waals surface area contributed by atoms with E-state index >= 15 is 0 Å². The molecule has 1 aromatic carbocycles. The lowest BCUT2D eigenvalue weighted by molar-refractivity contribution is 0.199. The summed E-state index contributed by atoms with van der Waals surface area (Å²) in [6, 6.07) is 10.2. The van der Waals surface area contributed by atoms with Crippen LogP contribution in [-0.4, -0.2) is 13.2 Å². The molecule has 1 heteroatoms. The third kappa shape index (κ3) is 8.88. The molecule has 0 aromatic heterocycles. The third-order valence-electron chi connectivity index (χ3n) is 2.50. The Morgan fingerprint density at radius 1 is 1.11 bits per heavy atom. The number of ether oxygens (including phenoxy) is 1. The van der Waals surface area contributed by atoms with Crippen LogP contribution >= 0.6 is 0 Å². The lowest BCUT2D eigenvalue weighted by Gasteiger charge is -1.92. The molecule has 0 aliphatic rings. The van der Waals surface area contributed by atoms with Crippen LogP contribution in [0.3, 0.4) is 0 Å². The Morgan fingerprint density at radius 3 is 2.74 bits per heavy atom. The molecule has 19 heavy (non-hydrogen) atoms. The van der Waals surface area contributed by atoms with Gasteiger partial charge in [-0.2, -0.15) is 0 Å². The van der Waals surface area contributed by atoms with Crippen molar-refractivity contribution in [2.45, 2.75) is 26.2 Å². The number of hydrogen-bond acceptors (Lipinski definition) is 1. The first kappa shape index (κ1) is 15.3. The van der Waals surface area contributed by atoms with Gasteiger partial charge in [-0.15, -0.1) is 5.92 Å². The number of allylic oxidation sites excluding steroid dienone is 2. The van der Waals surface area contributed by atoms with Crippen LogP contribution < -0.4 is 0 Å². The maximum absolute atomic E-state index is 5.37. The van der Waals surface area contributed by atoms with Crippen LogP contribution in [0.25, 0.3) is 6.08 Å². The van der Waals surface area contributed by atoms with Crippen LogP contribution in [0.15, 0.2) is 48.6 Å². The van der Waals surface area contributed by atoms with Gasteiger partial charge in [0.2, 0.25) is 0 Å². The van der Waals surface area contributed by atoms with Gasteiger partial charge in [0.25, 0.3) is 0 Å². The van der Waals surface area contributed by atoms with Gasteiger partial charge in [0.05, 0.1) is 6.61 Å². The van der Waals surface area contributed by atoms with Crippen LogP contribution in [-0.2, 0) is 4.74 Å². The third-order valence-corrected chi connectivity index (χ3v) is 2.50. The highest BCUT2D eigenvalue weighted by Crippen LogP contribution is 2.00. The van der Waals surface area contributed by atoms with Crippen LogP contribution in [0.4, 0.5) is 0 Å². The Kier molecular flexibility index (Phi) is 9.10. The van der Waals surface area contributed by atoms with Crippen LogP contribution in [0.5, 0.6) is 0 Å². The van der Waals surface area contributed by atoms with Gasteiger partial charge in [-0.3, -0.25) is 0 Å². The van der Waals surface area contributed by atoms with Gasteiger partial charge in [-0.05, 0) is 12.0 Å². The highest BCUT2D eigenvalue weighted by atomic mass is 16.5. The monoisotopic (exact) mass is 254 g/mol. The first-order valence-corrected chi connectivity index (χ1v) is 6.85. The number of hydrogen-bond donors (Lipinski definition) is 0. The van der Waals surface area contributed by atoms with E-state index in [2.05, 4.69) is 37.0 Å². The summed E-state index contributed by atoms with van der Waals surface area (Å²) < 4.78 is 5.37. The molecule has 0 saturated carbocycles. The van der Waals surface area contributed by atoms with E-state index < -0.39 is 0 Å². The van der Waals surface area contributed by atoms with Crippen LogP contribution in [0.2, 0.25) is 0 Å². The second kappa shape index (κ2) is 11.3. The van der Waals surface area contributed by atoms with Crippen molar-refractivity contribution >= 4 is 6.08 Å². The summed E-state index contributed by atoms with van der Waals surface area (Å²) >= 11 is 0. The molecule has 0 saturated heterocycles. The van der Waals surface area contributed by atoms with Crippen molar-refractivity contribution in [2.75, 3.05) is 13.2 Å². The summed E-state index contributed by atoms with van der Waals surface area (Å²) in [5.74, 6) is 6.11. The normalized spacial score (nSPS) is 10.8. The predicted molar refractivity (Wildman–Crippen MR) is 82.7 cm³/mol. The Hall–Kier alpha value is -1.78. The van der Waals surface area contributed by atoms with Gasteiger partial charge >= 0.3 is 0 Å². The summed E-state index contributed by atoms with van der Waals surface area (Å²) in [7, 11) is 0. The minimum absolute atomic E-state index is 0.524. The molecule has 1 rings (SSSR count). The molecular weight excluding hydrogens is 232 g/mol. The van der Waals surface area contributed by atoms with Crippen molar-refractivity contribution in [3.63, 3.8) is 0 Å². The SMILES string of the molecule is CCCCC#CCOC/C=C/C=C/c1ccccc1. The maximum Gasteiger partial charge on any atom is 0.108 e. The molecule has 0 unspecified atom stereocenters. The summed E-state index contributed by atoms with van der Waals surface area (Å²) in [4.78, 5) is 0. The molecule has 0 N–H and O–H groups in total. The molecule has 0 radical (unpaired) electrons. The van der Waals surface area contributed by atoms with E-state index in [0.29, 0.717) is 13.2 Å². The van der Waals surface area contributed by atoms with Crippen molar-refractivity contribution in [3.05, 3.63) is 54.1 Å². The molecule has 100 valence electrons. The zero-order valence-electron chi connectivity index (χ0n) is 11.6. The van der Waals surface area contributed by atoms with E-state index in [1.54, 1.807) is 0 Å². The number of unbranched alkanes of at least 4 members (excludes halogenated alkanes) is 2. The second-order valence-corrected chi connectivity index (χ2v) is 4.17. The van der Waals surface area contributed by atoms with E-state index in [1.165, 1.54) is 18.4 Å². The highest BCUT2D eigenvalue weighted by Gasteiger charge is 1.81. The second-order valence-electron chi connectivity index (χ2n) is 4.17. The molecule has 0 aliphatic heterocycles. The average Bonchev–Trinajstić information content (AvgIpc) is 2.46. The predicted octanol–water partition coefficient (Wildman–Crippen LogP) is 4.47. The molecule has 0 heterocycles. The van der Waals surface area contributed by atoms with Crippen molar-refractivity contribution in [1.29, 1.82) is 0 Å². The standard InChI is InChI=1S/C18H22O/c1-2-3-4-5-11-16-19-17-12-7-10-15-18-13-8-6-9-14-18/h6-10,12-15H,2-4,16-17H2,1H3/b12-7+,15-10+. The lowest BCUT2D eigenvalue weighted by atomic mass is 10.2.